The molecule has 0 aliphatic carbocycles. The third-order valence-electron chi connectivity index (χ3n) is 2.89. The normalized spacial score (nSPS) is 10.9. The van der Waals surface area contributed by atoms with Crippen molar-refractivity contribution in [1.29, 1.82) is 0 Å². The molecule has 0 saturated carbocycles. The van der Waals surface area contributed by atoms with Gasteiger partial charge >= 0.3 is 0 Å². The maximum Gasteiger partial charge on any atom is 0.128 e. The summed E-state index contributed by atoms with van der Waals surface area (Å²) in [5, 5.41) is 5.54. The zero-order chi connectivity index (χ0) is 13.7. The number of pyridine rings is 1. The fraction of sp³-hybridized carbons (Fsp3) is 0.400. The highest BCUT2D eigenvalue weighted by Gasteiger charge is 2.05. The smallest absolute Gasteiger partial charge is 0.128 e. The Hall–Kier alpha value is -1.39. The number of hydrogen-bond acceptors (Lipinski definition) is 4. The highest BCUT2D eigenvalue weighted by molar-refractivity contribution is 7.09. The topological polar surface area (TPSA) is 28.2 Å². The van der Waals surface area contributed by atoms with Gasteiger partial charge in [-0.25, -0.2) is 4.98 Å². The summed E-state index contributed by atoms with van der Waals surface area (Å²) >= 11 is 1.78. The summed E-state index contributed by atoms with van der Waals surface area (Å²) < 4.78 is 0. The van der Waals surface area contributed by atoms with Crippen LogP contribution in [0, 0.1) is 0 Å². The fourth-order valence-electron chi connectivity index (χ4n) is 1.82. The van der Waals surface area contributed by atoms with Crippen LogP contribution in [0.4, 0.5) is 5.82 Å². The minimum Gasteiger partial charge on any atom is -0.355 e. The third kappa shape index (κ3) is 4.33. The first-order valence-electron chi connectivity index (χ1n) is 6.57. The van der Waals surface area contributed by atoms with Crippen LogP contribution in [0.3, 0.4) is 0 Å². The van der Waals surface area contributed by atoms with Crippen molar-refractivity contribution in [1.82, 2.24) is 10.3 Å². The van der Waals surface area contributed by atoms with Crippen LogP contribution in [0.5, 0.6) is 0 Å². The Bertz CT molecular complexity index is 494. The second kappa shape index (κ2) is 6.68. The monoisotopic (exact) mass is 275 g/mol. The van der Waals surface area contributed by atoms with E-state index in [1.54, 1.807) is 11.3 Å². The third-order valence-corrected chi connectivity index (χ3v) is 3.75. The fourth-order valence-corrected chi connectivity index (χ4v) is 2.58. The van der Waals surface area contributed by atoms with Gasteiger partial charge < -0.3 is 10.2 Å². The van der Waals surface area contributed by atoms with Gasteiger partial charge in [0.1, 0.15) is 5.82 Å². The van der Waals surface area contributed by atoms with E-state index in [0.29, 0.717) is 6.04 Å². The number of thiophene rings is 1. The Labute approximate surface area is 119 Å². The van der Waals surface area contributed by atoms with Crippen molar-refractivity contribution < 1.29 is 0 Å². The largest absolute Gasteiger partial charge is 0.355 e. The van der Waals surface area contributed by atoms with E-state index < -0.39 is 0 Å². The predicted octanol–water partition coefficient (Wildman–Crippen LogP) is 3.28. The summed E-state index contributed by atoms with van der Waals surface area (Å²) in [5.41, 5.74) is 1.27. The number of hydrogen-bond donors (Lipinski definition) is 1. The molecule has 2 rings (SSSR count). The molecule has 0 aliphatic heterocycles. The minimum atomic E-state index is 0.500. The van der Waals surface area contributed by atoms with Crippen LogP contribution in [0.15, 0.2) is 35.8 Å². The van der Waals surface area contributed by atoms with Crippen molar-refractivity contribution in [2.24, 2.45) is 0 Å². The predicted molar refractivity (Wildman–Crippen MR) is 82.6 cm³/mol. The van der Waals surface area contributed by atoms with E-state index in [4.69, 9.17) is 0 Å². The Balaban J connectivity index is 2.01. The van der Waals surface area contributed by atoms with Gasteiger partial charge in [-0.3, -0.25) is 0 Å². The molecular weight excluding hydrogens is 254 g/mol. The average Bonchev–Trinajstić information content (AvgIpc) is 2.89. The molecule has 0 aromatic carbocycles. The maximum atomic E-state index is 4.45. The molecule has 0 amide bonds. The Morgan fingerprint density at radius 1 is 1.37 bits per heavy atom. The molecule has 2 aromatic rings. The van der Waals surface area contributed by atoms with Gasteiger partial charge in [-0.2, -0.15) is 0 Å². The molecule has 0 saturated heterocycles. The molecule has 0 bridgehead atoms. The molecule has 0 fully saturated rings. The first-order chi connectivity index (χ1) is 9.15. The highest BCUT2D eigenvalue weighted by atomic mass is 32.1. The van der Waals surface area contributed by atoms with Crippen molar-refractivity contribution in [3.63, 3.8) is 0 Å². The number of aromatic nitrogens is 1. The van der Waals surface area contributed by atoms with Crippen LogP contribution in [-0.4, -0.2) is 18.1 Å². The molecule has 3 nitrogen and oxygen atoms in total. The number of rotatable bonds is 6. The molecule has 1 N–H and O–H groups in total. The van der Waals surface area contributed by atoms with Gasteiger partial charge in [0.2, 0.25) is 0 Å². The van der Waals surface area contributed by atoms with Crippen LogP contribution >= 0.6 is 11.3 Å². The molecular formula is C15H21N3S. The first-order valence-corrected chi connectivity index (χ1v) is 7.45. The molecule has 0 unspecified atom stereocenters. The average molecular weight is 275 g/mol. The van der Waals surface area contributed by atoms with Gasteiger partial charge in [0.15, 0.2) is 0 Å². The molecule has 2 aromatic heterocycles. The van der Waals surface area contributed by atoms with E-state index in [9.17, 15) is 0 Å². The zero-order valence-electron chi connectivity index (χ0n) is 11.8. The van der Waals surface area contributed by atoms with Gasteiger partial charge in [-0.1, -0.05) is 19.9 Å². The Morgan fingerprint density at radius 3 is 2.89 bits per heavy atom. The van der Waals surface area contributed by atoms with E-state index in [-0.39, 0.29) is 0 Å². The number of nitrogens with one attached hydrogen (secondary N) is 1. The lowest BCUT2D eigenvalue weighted by molar-refractivity contribution is 0.588. The van der Waals surface area contributed by atoms with Crippen LogP contribution < -0.4 is 10.2 Å². The van der Waals surface area contributed by atoms with Crippen LogP contribution in [0.1, 0.15) is 24.3 Å². The maximum absolute atomic E-state index is 4.45. The molecule has 102 valence electrons. The van der Waals surface area contributed by atoms with Crippen molar-refractivity contribution in [2.75, 3.05) is 11.9 Å². The lowest BCUT2D eigenvalue weighted by Crippen LogP contribution is -2.22. The molecule has 2 heterocycles. The summed E-state index contributed by atoms with van der Waals surface area (Å²) in [7, 11) is 2.09. The summed E-state index contributed by atoms with van der Waals surface area (Å²) in [6.07, 6.45) is 1.89. The van der Waals surface area contributed by atoms with Crippen molar-refractivity contribution in [3.8, 4) is 0 Å². The van der Waals surface area contributed by atoms with E-state index >= 15 is 0 Å². The molecule has 4 heteroatoms. The van der Waals surface area contributed by atoms with Gasteiger partial charge in [0.25, 0.3) is 0 Å². The lowest BCUT2D eigenvalue weighted by atomic mass is 10.2. The van der Waals surface area contributed by atoms with Crippen molar-refractivity contribution in [2.45, 2.75) is 33.0 Å². The summed E-state index contributed by atoms with van der Waals surface area (Å²) in [5.74, 6) is 1.02. The quantitative estimate of drug-likeness (QED) is 0.877. The lowest BCUT2D eigenvalue weighted by Gasteiger charge is -2.18. The summed E-state index contributed by atoms with van der Waals surface area (Å²) in [6.45, 7) is 6.11. The van der Waals surface area contributed by atoms with Crippen LogP contribution in [0.2, 0.25) is 0 Å². The van der Waals surface area contributed by atoms with Crippen LogP contribution in [-0.2, 0) is 13.1 Å². The van der Waals surface area contributed by atoms with Crippen molar-refractivity contribution >= 4 is 17.2 Å². The number of anilines is 1. The van der Waals surface area contributed by atoms with Gasteiger partial charge in [-0.05, 0) is 29.1 Å². The van der Waals surface area contributed by atoms with Crippen LogP contribution in [0.25, 0.3) is 0 Å². The zero-order valence-corrected chi connectivity index (χ0v) is 12.6. The van der Waals surface area contributed by atoms with E-state index in [2.05, 4.69) is 65.7 Å². The Morgan fingerprint density at radius 2 is 2.21 bits per heavy atom. The standard InChI is InChI=1S/C15H21N3S/c1-12(2)17-10-13-6-7-16-15(9-13)18(3)11-14-5-4-8-19-14/h4-9,12,17H,10-11H2,1-3H3. The van der Waals surface area contributed by atoms with E-state index in [1.807, 2.05) is 6.20 Å². The molecule has 0 atom stereocenters. The highest BCUT2D eigenvalue weighted by Crippen LogP contribution is 2.17. The molecule has 19 heavy (non-hydrogen) atoms. The summed E-state index contributed by atoms with van der Waals surface area (Å²) in [4.78, 5) is 7.99. The van der Waals surface area contributed by atoms with Gasteiger partial charge in [0.05, 0.1) is 6.54 Å². The van der Waals surface area contributed by atoms with Gasteiger partial charge in [-0.15, -0.1) is 11.3 Å². The molecule has 0 aliphatic rings. The number of nitrogens with zero attached hydrogens (tertiary/aromatic N) is 2. The van der Waals surface area contributed by atoms with Gasteiger partial charge in [0, 0.05) is 30.7 Å². The Kier molecular flexibility index (Phi) is 4.93. The van der Waals surface area contributed by atoms with Crippen molar-refractivity contribution in [3.05, 3.63) is 46.3 Å². The molecule has 0 spiro atoms. The van der Waals surface area contributed by atoms with E-state index in [1.165, 1.54) is 10.4 Å². The second-order valence-electron chi connectivity index (χ2n) is 4.99. The SMILES string of the molecule is CC(C)NCc1ccnc(N(C)Cc2cccs2)c1. The second-order valence-corrected chi connectivity index (χ2v) is 6.03. The molecule has 0 radical (unpaired) electrons. The summed E-state index contributed by atoms with van der Waals surface area (Å²) in [6, 6.07) is 8.97. The van der Waals surface area contributed by atoms with E-state index in [0.717, 1.165) is 18.9 Å². The minimum absolute atomic E-state index is 0.500. The first kappa shape index (κ1) is 14.0.